The standard InChI is InChI=1S/C10H21NO/c1-10(2,3)9-6-11-5-4-8(9)7-12/h8-9,11-12H,4-7H2,1-3H3. The maximum atomic E-state index is 9.20. The second-order valence-corrected chi connectivity index (χ2v) is 4.91. The molecule has 2 unspecified atom stereocenters. The summed E-state index contributed by atoms with van der Waals surface area (Å²) < 4.78 is 0. The van der Waals surface area contributed by atoms with Crippen LogP contribution in [0.1, 0.15) is 27.2 Å². The molecule has 0 saturated carbocycles. The molecule has 0 spiro atoms. The van der Waals surface area contributed by atoms with E-state index in [1.165, 1.54) is 0 Å². The van der Waals surface area contributed by atoms with Gasteiger partial charge < -0.3 is 10.4 Å². The Bertz CT molecular complexity index is 139. The molecule has 0 aromatic carbocycles. The van der Waals surface area contributed by atoms with Crippen molar-refractivity contribution in [3.63, 3.8) is 0 Å². The molecule has 0 aromatic rings. The molecular weight excluding hydrogens is 150 g/mol. The maximum Gasteiger partial charge on any atom is 0.0463 e. The molecule has 2 nitrogen and oxygen atoms in total. The van der Waals surface area contributed by atoms with Crippen LogP contribution in [0.25, 0.3) is 0 Å². The van der Waals surface area contributed by atoms with Gasteiger partial charge >= 0.3 is 0 Å². The monoisotopic (exact) mass is 171 g/mol. The molecule has 2 N–H and O–H groups in total. The van der Waals surface area contributed by atoms with Crippen molar-refractivity contribution in [3.05, 3.63) is 0 Å². The molecule has 0 aromatic heterocycles. The molecule has 0 radical (unpaired) electrons. The number of piperidine rings is 1. The SMILES string of the molecule is CC(C)(C)C1CNCCC1CO. The van der Waals surface area contributed by atoms with Gasteiger partial charge in [-0.05, 0) is 36.8 Å². The summed E-state index contributed by atoms with van der Waals surface area (Å²) >= 11 is 0. The van der Waals surface area contributed by atoms with Gasteiger partial charge in [-0.15, -0.1) is 0 Å². The van der Waals surface area contributed by atoms with E-state index in [0.717, 1.165) is 19.5 Å². The van der Waals surface area contributed by atoms with Crippen LogP contribution in [0.15, 0.2) is 0 Å². The summed E-state index contributed by atoms with van der Waals surface area (Å²) in [6.07, 6.45) is 1.12. The Morgan fingerprint density at radius 2 is 2.08 bits per heavy atom. The second kappa shape index (κ2) is 3.75. The Morgan fingerprint density at radius 3 is 2.50 bits per heavy atom. The zero-order chi connectivity index (χ0) is 9.19. The zero-order valence-corrected chi connectivity index (χ0v) is 8.43. The summed E-state index contributed by atoms with van der Waals surface area (Å²) in [5, 5.41) is 12.6. The first-order chi connectivity index (χ1) is 5.55. The van der Waals surface area contributed by atoms with Crippen molar-refractivity contribution in [2.45, 2.75) is 27.2 Å². The van der Waals surface area contributed by atoms with Gasteiger partial charge in [-0.2, -0.15) is 0 Å². The van der Waals surface area contributed by atoms with Crippen molar-refractivity contribution >= 4 is 0 Å². The molecular formula is C10H21NO. The molecule has 72 valence electrons. The molecule has 1 heterocycles. The summed E-state index contributed by atoms with van der Waals surface area (Å²) in [5.41, 5.74) is 0.320. The second-order valence-electron chi connectivity index (χ2n) is 4.91. The minimum atomic E-state index is 0.320. The average Bonchev–Trinajstić information content (AvgIpc) is 2.03. The van der Waals surface area contributed by atoms with E-state index < -0.39 is 0 Å². The highest BCUT2D eigenvalue weighted by Crippen LogP contribution is 2.34. The van der Waals surface area contributed by atoms with Gasteiger partial charge in [0.05, 0.1) is 0 Å². The molecule has 1 aliphatic heterocycles. The van der Waals surface area contributed by atoms with Crippen LogP contribution in [-0.2, 0) is 0 Å². The Morgan fingerprint density at radius 1 is 1.42 bits per heavy atom. The van der Waals surface area contributed by atoms with E-state index in [1.54, 1.807) is 0 Å². The quantitative estimate of drug-likeness (QED) is 0.622. The summed E-state index contributed by atoms with van der Waals surface area (Å²) in [6, 6.07) is 0. The summed E-state index contributed by atoms with van der Waals surface area (Å²) in [7, 11) is 0. The number of hydrogen-bond donors (Lipinski definition) is 2. The van der Waals surface area contributed by atoms with Crippen LogP contribution in [0.3, 0.4) is 0 Å². The Kier molecular flexibility index (Phi) is 3.13. The number of aliphatic hydroxyl groups excluding tert-OH is 1. The lowest BCUT2D eigenvalue weighted by atomic mass is 9.71. The minimum absolute atomic E-state index is 0.320. The van der Waals surface area contributed by atoms with Crippen LogP contribution in [0.5, 0.6) is 0 Å². The molecule has 0 bridgehead atoms. The molecule has 1 fully saturated rings. The van der Waals surface area contributed by atoms with Crippen molar-refractivity contribution < 1.29 is 5.11 Å². The van der Waals surface area contributed by atoms with Gasteiger partial charge in [0.1, 0.15) is 0 Å². The molecule has 1 saturated heterocycles. The van der Waals surface area contributed by atoms with Crippen LogP contribution in [0, 0.1) is 17.3 Å². The largest absolute Gasteiger partial charge is 0.396 e. The predicted molar refractivity (Wildman–Crippen MR) is 51.0 cm³/mol. The predicted octanol–water partition coefficient (Wildman–Crippen LogP) is 1.25. The van der Waals surface area contributed by atoms with E-state index >= 15 is 0 Å². The Hall–Kier alpha value is -0.0800. The first kappa shape index (κ1) is 10.0. The summed E-state index contributed by atoms with van der Waals surface area (Å²) in [6.45, 7) is 9.25. The number of rotatable bonds is 1. The lowest BCUT2D eigenvalue weighted by Gasteiger charge is -2.40. The molecule has 0 amide bonds. The lowest BCUT2D eigenvalue weighted by Crippen LogP contribution is -2.44. The fourth-order valence-corrected chi connectivity index (χ4v) is 2.14. The van der Waals surface area contributed by atoms with Gasteiger partial charge in [-0.3, -0.25) is 0 Å². The van der Waals surface area contributed by atoms with Crippen LogP contribution in [0.2, 0.25) is 0 Å². The molecule has 1 rings (SSSR count). The molecule has 1 aliphatic rings. The van der Waals surface area contributed by atoms with Crippen LogP contribution in [0.4, 0.5) is 0 Å². The van der Waals surface area contributed by atoms with E-state index in [9.17, 15) is 5.11 Å². The third-order valence-corrected chi connectivity index (χ3v) is 2.97. The topological polar surface area (TPSA) is 32.3 Å². The number of nitrogens with one attached hydrogen (secondary N) is 1. The lowest BCUT2D eigenvalue weighted by molar-refractivity contribution is 0.0720. The Balaban J connectivity index is 2.59. The van der Waals surface area contributed by atoms with E-state index in [2.05, 4.69) is 26.1 Å². The van der Waals surface area contributed by atoms with Crippen molar-refractivity contribution in [1.82, 2.24) is 5.32 Å². The minimum Gasteiger partial charge on any atom is -0.396 e. The molecule has 2 atom stereocenters. The summed E-state index contributed by atoms with van der Waals surface area (Å²) in [5.74, 6) is 1.13. The smallest absolute Gasteiger partial charge is 0.0463 e. The fourth-order valence-electron chi connectivity index (χ4n) is 2.14. The number of hydrogen-bond acceptors (Lipinski definition) is 2. The van der Waals surface area contributed by atoms with E-state index in [-0.39, 0.29) is 0 Å². The van der Waals surface area contributed by atoms with Crippen molar-refractivity contribution in [3.8, 4) is 0 Å². The fraction of sp³-hybridized carbons (Fsp3) is 1.00. The summed E-state index contributed by atoms with van der Waals surface area (Å²) in [4.78, 5) is 0. The maximum absolute atomic E-state index is 9.20. The molecule has 12 heavy (non-hydrogen) atoms. The van der Waals surface area contributed by atoms with Gasteiger partial charge in [-0.1, -0.05) is 20.8 Å². The first-order valence-corrected chi connectivity index (χ1v) is 4.87. The van der Waals surface area contributed by atoms with Crippen LogP contribution in [-0.4, -0.2) is 24.8 Å². The third kappa shape index (κ3) is 2.20. The van der Waals surface area contributed by atoms with Crippen LogP contribution >= 0.6 is 0 Å². The van der Waals surface area contributed by atoms with E-state index in [0.29, 0.717) is 23.9 Å². The van der Waals surface area contributed by atoms with Crippen molar-refractivity contribution in [1.29, 1.82) is 0 Å². The Labute approximate surface area is 75.4 Å². The third-order valence-electron chi connectivity index (χ3n) is 2.97. The van der Waals surface area contributed by atoms with Gasteiger partial charge in [0, 0.05) is 6.61 Å². The van der Waals surface area contributed by atoms with Crippen molar-refractivity contribution in [2.75, 3.05) is 19.7 Å². The van der Waals surface area contributed by atoms with E-state index in [4.69, 9.17) is 0 Å². The molecule has 0 aliphatic carbocycles. The van der Waals surface area contributed by atoms with E-state index in [1.807, 2.05) is 0 Å². The molecule has 2 heteroatoms. The zero-order valence-electron chi connectivity index (χ0n) is 8.43. The van der Waals surface area contributed by atoms with Crippen LogP contribution < -0.4 is 5.32 Å². The highest BCUT2D eigenvalue weighted by molar-refractivity contribution is 4.85. The van der Waals surface area contributed by atoms with Gasteiger partial charge in [0.25, 0.3) is 0 Å². The normalized spacial score (nSPS) is 32.0. The van der Waals surface area contributed by atoms with Gasteiger partial charge in [0.2, 0.25) is 0 Å². The first-order valence-electron chi connectivity index (χ1n) is 4.87. The van der Waals surface area contributed by atoms with Gasteiger partial charge in [0.15, 0.2) is 0 Å². The average molecular weight is 171 g/mol. The highest BCUT2D eigenvalue weighted by Gasteiger charge is 2.33. The van der Waals surface area contributed by atoms with Gasteiger partial charge in [-0.25, -0.2) is 0 Å². The highest BCUT2D eigenvalue weighted by atomic mass is 16.3. The number of aliphatic hydroxyl groups is 1. The van der Waals surface area contributed by atoms with Crippen molar-refractivity contribution in [2.24, 2.45) is 17.3 Å².